The number of nitrogens with one attached hydrogen (secondary N) is 1. The van der Waals surface area contributed by atoms with Crippen LogP contribution in [0.1, 0.15) is 19.8 Å². The van der Waals surface area contributed by atoms with Gasteiger partial charge in [0.1, 0.15) is 11.9 Å². The molecule has 1 rings (SSSR count). The Hall–Kier alpha value is -1.56. The van der Waals surface area contributed by atoms with Gasteiger partial charge in [-0.05, 0) is 18.6 Å². The van der Waals surface area contributed by atoms with Crippen LogP contribution in [-0.4, -0.2) is 6.04 Å². The number of benzene rings is 1. The summed E-state index contributed by atoms with van der Waals surface area (Å²) in [4.78, 5) is 0. The van der Waals surface area contributed by atoms with E-state index in [1.807, 2.05) is 6.92 Å². The van der Waals surface area contributed by atoms with Crippen molar-refractivity contribution >= 4 is 5.69 Å². The molecular formula is C11H13FN2. The fourth-order valence-corrected chi connectivity index (χ4v) is 1.22. The van der Waals surface area contributed by atoms with Crippen LogP contribution in [0.15, 0.2) is 24.3 Å². The number of rotatable bonds is 4. The van der Waals surface area contributed by atoms with Gasteiger partial charge in [-0.3, -0.25) is 0 Å². The second kappa shape index (κ2) is 5.23. The van der Waals surface area contributed by atoms with Crippen molar-refractivity contribution in [1.29, 1.82) is 5.26 Å². The van der Waals surface area contributed by atoms with E-state index in [-0.39, 0.29) is 11.9 Å². The normalized spacial score (nSPS) is 11.8. The van der Waals surface area contributed by atoms with E-state index in [9.17, 15) is 4.39 Å². The second-order valence-electron chi connectivity index (χ2n) is 3.09. The van der Waals surface area contributed by atoms with Crippen LogP contribution >= 0.6 is 0 Å². The van der Waals surface area contributed by atoms with Gasteiger partial charge in [-0.1, -0.05) is 25.5 Å². The standard InChI is InChI=1S/C11H13FN2/c1-2-5-9(8-13)14-11-7-4-3-6-10(11)12/h3-4,6-7,9,14H,2,5H2,1H3. The molecule has 74 valence electrons. The number of para-hydroxylation sites is 1. The maximum absolute atomic E-state index is 13.2. The molecule has 14 heavy (non-hydrogen) atoms. The van der Waals surface area contributed by atoms with E-state index in [1.165, 1.54) is 6.07 Å². The Labute approximate surface area is 83.4 Å². The minimum Gasteiger partial charge on any atom is -0.367 e. The Morgan fingerprint density at radius 3 is 2.79 bits per heavy atom. The largest absolute Gasteiger partial charge is 0.367 e. The van der Waals surface area contributed by atoms with Crippen LogP contribution in [0.4, 0.5) is 10.1 Å². The Kier molecular flexibility index (Phi) is 3.93. The van der Waals surface area contributed by atoms with E-state index in [0.29, 0.717) is 5.69 Å². The number of nitriles is 1. The van der Waals surface area contributed by atoms with Crippen molar-refractivity contribution in [2.75, 3.05) is 5.32 Å². The first-order valence-electron chi connectivity index (χ1n) is 4.68. The fourth-order valence-electron chi connectivity index (χ4n) is 1.22. The van der Waals surface area contributed by atoms with E-state index >= 15 is 0 Å². The summed E-state index contributed by atoms with van der Waals surface area (Å²) in [5.41, 5.74) is 0.396. The molecule has 0 aliphatic heterocycles. The lowest BCUT2D eigenvalue weighted by atomic mass is 10.2. The summed E-state index contributed by atoms with van der Waals surface area (Å²) in [6.45, 7) is 1.99. The molecule has 0 radical (unpaired) electrons. The van der Waals surface area contributed by atoms with E-state index in [1.54, 1.807) is 18.2 Å². The summed E-state index contributed by atoms with van der Waals surface area (Å²) in [6.07, 6.45) is 1.63. The second-order valence-corrected chi connectivity index (χ2v) is 3.09. The molecule has 2 nitrogen and oxygen atoms in total. The van der Waals surface area contributed by atoms with Gasteiger partial charge in [-0.15, -0.1) is 0 Å². The lowest BCUT2D eigenvalue weighted by Crippen LogP contribution is -2.17. The molecule has 1 unspecified atom stereocenters. The SMILES string of the molecule is CCCC(C#N)Nc1ccccc1F. The first kappa shape index (κ1) is 10.5. The van der Waals surface area contributed by atoms with Gasteiger partial charge in [0.2, 0.25) is 0 Å². The molecule has 0 amide bonds. The van der Waals surface area contributed by atoms with Gasteiger partial charge < -0.3 is 5.32 Å². The number of nitrogens with zero attached hydrogens (tertiary/aromatic N) is 1. The van der Waals surface area contributed by atoms with Crippen LogP contribution in [0.2, 0.25) is 0 Å². The predicted molar refractivity (Wildman–Crippen MR) is 54.3 cm³/mol. The average molecular weight is 192 g/mol. The molecule has 3 heteroatoms. The molecule has 0 spiro atoms. The molecule has 0 aliphatic rings. The molecule has 0 bridgehead atoms. The van der Waals surface area contributed by atoms with Crippen LogP contribution in [0.25, 0.3) is 0 Å². The van der Waals surface area contributed by atoms with Crippen molar-refractivity contribution in [3.63, 3.8) is 0 Å². The summed E-state index contributed by atoms with van der Waals surface area (Å²) in [7, 11) is 0. The van der Waals surface area contributed by atoms with Crippen molar-refractivity contribution in [1.82, 2.24) is 0 Å². The summed E-state index contributed by atoms with van der Waals surface area (Å²) in [5.74, 6) is -0.316. The minimum absolute atomic E-state index is 0.308. The van der Waals surface area contributed by atoms with Crippen LogP contribution in [0.3, 0.4) is 0 Å². The molecule has 0 saturated heterocycles. The van der Waals surface area contributed by atoms with Gasteiger partial charge in [0.15, 0.2) is 0 Å². The van der Waals surface area contributed by atoms with Gasteiger partial charge in [-0.25, -0.2) is 4.39 Å². The van der Waals surface area contributed by atoms with Gasteiger partial charge in [0.05, 0.1) is 11.8 Å². The number of hydrogen-bond donors (Lipinski definition) is 1. The topological polar surface area (TPSA) is 35.8 Å². The molecule has 1 aromatic rings. The van der Waals surface area contributed by atoms with Crippen molar-refractivity contribution in [3.8, 4) is 6.07 Å². The van der Waals surface area contributed by atoms with E-state index in [2.05, 4.69) is 11.4 Å². The maximum atomic E-state index is 13.2. The number of halogens is 1. The first-order chi connectivity index (χ1) is 6.77. The molecule has 0 fully saturated rings. The molecular weight excluding hydrogens is 179 g/mol. The Bertz CT molecular complexity index is 330. The van der Waals surface area contributed by atoms with Crippen molar-refractivity contribution in [3.05, 3.63) is 30.1 Å². The van der Waals surface area contributed by atoms with Gasteiger partial charge in [0.25, 0.3) is 0 Å². The minimum atomic E-state index is -0.316. The van der Waals surface area contributed by atoms with Crippen LogP contribution < -0.4 is 5.32 Å². The summed E-state index contributed by atoms with van der Waals surface area (Å²) in [6, 6.07) is 8.17. The monoisotopic (exact) mass is 192 g/mol. The zero-order chi connectivity index (χ0) is 10.4. The zero-order valence-corrected chi connectivity index (χ0v) is 8.13. The summed E-state index contributed by atoms with van der Waals surface area (Å²) in [5, 5.41) is 11.6. The summed E-state index contributed by atoms with van der Waals surface area (Å²) >= 11 is 0. The predicted octanol–water partition coefficient (Wildman–Crippen LogP) is 2.93. The molecule has 1 N–H and O–H groups in total. The smallest absolute Gasteiger partial charge is 0.146 e. The van der Waals surface area contributed by atoms with E-state index in [0.717, 1.165) is 12.8 Å². The Balaban J connectivity index is 2.68. The maximum Gasteiger partial charge on any atom is 0.146 e. The van der Waals surface area contributed by atoms with Crippen LogP contribution in [0, 0.1) is 17.1 Å². The highest BCUT2D eigenvalue weighted by molar-refractivity contribution is 5.46. The highest BCUT2D eigenvalue weighted by atomic mass is 19.1. The third-order valence-electron chi connectivity index (χ3n) is 1.94. The summed E-state index contributed by atoms with van der Waals surface area (Å²) < 4.78 is 13.2. The lowest BCUT2D eigenvalue weighted by molar-refractivity contribution is 0.626. The van der Waals surface area contributed by atoms with Crippen molar-refractivity contribution in [2.24, 2.45) is 0 Å². The van der Waals surface area contributed by atoms with Gasteiger partial charge in [0, 0.05) is 0 Å². The molecule has 0 saturated carbocycles. The van der Waals surface area contributed by atoms with Gasteiger partial charge >= 0.3 is 0 Å². The van der Waals surface area contributed by atoms with Gasteiger partial charge in [-0.2, -0.15) is 5.26 Å². The van der Waals surface area contributed by atoms with Crippen LogP contribution in [0.5, 0.6) is 0 Å². The molecule has 0 heterocycles. The highest BCUT2D eigenvalue weighted by Gasteiger charge is 2.07. The average Bonchev–Trinajstić information content (AvgIpc) is 2.20. The third kappa shape index (κ3) is 2.74. The lowest BCUT2D eigenvalue weighted by Gasteiger charge is -2.11. The zero-order valence-electron chi connectivity index (χ0n) is 8.13. The van der Waals surface area contributed by atoms with E-state index < -0.39 is 0 Å². The first-order valence-corrected chi connectivity index (χ1v) is 4.68. The Morgan fingerprint density at radius 1 is 1.50 bits per heavy atom. The quantitative estimate of drug-likeness (QED) is 0.796. The van der Waals surface area contributed by atoms with Crippen LogP contribution in [-0.2, 0) is 0 Å². The number of anilines is 1. The molecule has 0 aliphatic carbocycles. The highest BCUT2D eigenvalue weighted by Crippen LogP contribution is 2.14. The third-order valence-corrected chi connectivity index (χ3v) is 1.94. The fraction of sp³-hybridized carbons (Fsp3) is 0.364. The molecule has 1 atom stereocenters. The van der Waals surface area contributed by atoms with Crippen molar-refractivity contribution in [2.45, 2.75) is 25.8 Å². The van der Waals surface area contributed by atoms with Crippen molar-refractivity contribution < 1.29 is 4.39 Å². The van der Waals surface area contributed by atoms with E-state index in [4.69, 9.17) is 5.26 Å². The molecule has 1 aromatic carbocycles. The molecule has 0 aromatic heterocycles. The number of hydrogen-bond acceptors (Lipinski definition) is 2. The Morgan fingerprint density at radius 2 is 2.21 bits per heavy atom.